The Morgan fingerprint density at radius 3 is 2.29 bits per heavy atom. The van der Waals surface area contributed by atoms with Crippen LogP contribution < -0.4 is 0 Å². The molecule has 21 heavy (non-hydrogen) atoms. The molecule has 0 fully saturated rings. The number of hydrogen-bond acceptors (Lipinski definition) is 7. The Balaban J connectivity index is 5.04. The summed E-state index contributed by atoms with van der Waals surface area (Å²) >= 11 is 0. The third-order valence-electron chi connectivity index (χ3n) is 2.92. The van der Waals surface area contributed by atoms with E-state index in [9.17, 15) is 15.3 Å². The van der Waals surface area contributed by atoms with Gasteiger partial charge in [-0.05, 0) is 26.2 Å². The lowest BCUT2D eigenvalue weighted by Gasteiger charge is -2.21. The number of allylic oxidation sites excluding steroid dienone is 2. The normalized spacial score (nSPS) is 18.0. The van der Waals surface area contributed by atoms with Gasteiger partial charge in [-0.3, -0.25) is 9.98 Å². The molecule has 0 saturated carbocycles. The van der Waals surface area contributed by atoms with Gasteiger partial charge in [0.2, 0.25) is 0 Å². The van der Waals surface area contributed by atoms with Gasteiger partial charge in [0.05, 0.1) is 12.3 Å². The van der Waals surface area contributed by atoms with E-state index in [-0.39, 0.29) is 12.3 Å². The van der Waals surface area contributed by atoms with Crippen LogP contribution in [-0.4, -0.2) is 76.0 Å². The Hall–Kier alpha value is -1.12. The Bertz CT molecular complexity index is 368. The average Bonchev–Trinajstić information content (AvgIpc) is 2.50. The van der Waals surface area contributed by atoms with E-state index in [0.29, 0.717) is 18.5 Å². The van der Waals surface area contributed by atoms with E-state index in [1.807, 2.05) is 0 Å². The summed E-state index contributed by atoms with van der Waals surface area (Å²) in [6, 6.07) is 0. The second-order valence-corrected chi connectivity index (χ2v) is 4.57. The summed E-state index contributed by atoms with van der Waals surface area (Å²) in [5, 5.41) is 46.7. The van der Waals surface area contributed by atoms with Crippen LogP contribution in [0.1, 0.15) is 26.2 Å². The Morgan fingerprint density at radius 2 is 1.81 bits per heavy atom. The first-order valence-corrected chi connectivity index (χ1v) is 6.93. The van der Waals surface area contributed by atoms with Crippen molar-refractivity contribution in [3.63, 3.8) is 0 Å². The van der Waals surface area contributed by atoms with E-state index in [1.54, 1.807) is 13.0 Å². The van der Waals surface area contributed by atoms with Crippen molar-refractivity contribution in [2.75, 3.05) is 20.3 Å². The SMILES string of the molecule is C/C=C(/CCCCO)N=C(C=NC)C(O)C(O)C(O)CO. The molecule has 0 rings (SSSR count). The molecule has 0 aliphatic rings. The minimum Gasteiger partial charge on any atom is -0.396 e. The number of aliphatic imine (C=N–C) groups is 2. The number of rotatable bonds is 10. The molecule has 0 saturated heterocycles. The molecule has 0 aliphatic heterocycles. The summed E-state index contributed by atoms with van der Waals surface area (Å²) in [5.41, 5.74) is 0.790. The predicted molar refractivity (Wildman–Crippen MR) is 81.7 cm³/mol. The summed E-state index contributed by atoms with van der Waals surface area (Å²) in [5.74, 6) is 0. The minimum absolute atomic E-state index is 0.105. The summed E-state index contributed by atoms with van der Waals surface area (Å²) < 4.78 is 0. The molecule has 3 atom stereocenters. The van der Waals surface area contributed by atoms with Crippen LogP contribution in [0.3, 0.4) is 0 Å². The molecule has 7 nitrogen and oxygen atoms in total. The monoisotopic (exact) mass is 302 g/mol. The Labute approximate surface area is 125 Å². The van der Waals surface area contributed by atoms with Crippen LogP contribution in [-0.2, 0) is 0 Å². The van der Waals surface area contributed by atoms with Crippen molar-refractivity contribution < 1.29 is 25.5 Å². The van der Waals surface area contributed by atoms with Gasteiger partial charge in [-0.1, -0.05) is 6.08 Å². The highest BCUT2D eigenvalue weighted by atomic mass is 16.4. The fourth-order valence-electron chi connectivity index (χ4n) is 1.65. The lowest BCUT2D eigenvalue weighted by atomic mass is 10.0. The highest BCUT2D eigenvalue weighted by Crippen LogP contribution is 2.11. The van der Waals surface area contributed by atoms with E-state index in [1.165, 1.54) is 13.3 Å². The maximum absolute atomic E-state index is 10.0. The van der Waals surface area contributed by atoms with Gasteiger partial charge < -0.3 is 25.5 Å². The standard InChI is InChI=1S/C14H26N2O5/c1-3-10(6-4-5-7-17)16-11(8-15-2)13(20)14(21)12(19)9-18/h3,8,12-14,17-21H,4-7,9H2,1-2H3/b10-3-,15-8?,16-11?. The molecule has 0 amide bonds. The number of nitrogens with zero attached hydrogens (tertiary/aromatic N) is 2. The van der Waals surface area contributed by atoms with Gasteiger partial charge in [-0.25, -0.2) is 0 Å². The summed E-state index contributed by atoms with van der Waals surface area (Å²) in [6.07, 6.45) is 0.608. The molecular weight excluding hydrogens is 276 g/mol. The van der Waals surface area contributed by atoms with Gasteiger partial charge in [0.25, 0.3) is 0 Å². The minimum atomic E-state index is -1.55. The molecule has 0 aliphatic carbocycles. The van der Waals surface area contributed by atoms with Crippen LogP contribution in [0.4, 0.5) is 0 Å². The van der Waals surface area contributed by atoms with E-state index in [2.05, 4.69) is 9.98 Å². The fraction of sp³-hybridized carbons (Fsp3) is 0.714. The van der Waals surface area contributed by atoms with Crippen LogP contribution in [0, 0.1) is 0 Å². The molecule has 0 spiro atoms. The number of aliphatic hydroxyl groups is 5. The predicted octanol–water partition coefficient (Wildman–Crippen LogP) is -0.731. The maximum Gasteiger partial charge on any atom is 0.126 e. The van der Waals surface area contributed by atoms with Crippen LogP contribution in [0.25, 0.3) is 0 Å². The molecule has 0 bridgehead atoms. The summed E-state index contributed by atoms with van der Waals surface area (Å²) in [6.45, 7) is 1.24. The Kier molecular flexibility index (Phi) is 10.9. The molecule has 0 aromatic carbocycles. The molecule has 3 unspecified atom stereocenters. The highest BCUT2D eigenvalue weighted by molar-refractivity contribution is 6.33. The first-order valence-electron chi connectivity index (χ1n) is 6.93. The molecular formula is C14H26N2O5. The van der Waals surface area contributed by atoms with Gasteiger partial charge in [0.15, 0.2) is 0 Å². The zero-order chi connectivity index (χ0) is 16.3. The van der Waals surface area contributed by atoms with Crippen molar-refractivity contribution in [3.8, 4) is 0 Å². The Morgan fingerprint density at radius 1 is 1.14 bits per heavy atom. The van der Waals surface area contributed by atoms with E-state index >= 15 is 0 Å². The third-order valence-corrected chi connectivity index (χ3v) is 2.92. The number of aliphatic hydroxyl groups excluding tert-OH is 5. The van der Waals surface area contributed by atoms with Gasteiger partial charge in [-0.15, -0.1) is 0 Å². The largest absolute Gasteiger partial charge is 0.396 e. The first kappa shape index (κ1) is 19.9. The van der Waals surface area contributed by atoms with Crippen molar-refractivity contribution in [1.82, 2.24) is 0 Å². The molecule has 7 heteroatoms. The second-order valence-electron chi connectivity index (χ2n) is 4.57. The molecule has 0 aromatic rings. The third kappa shape index (κ3) is 7.45. The first-order chi connectivity index (χ1) is 10.0. The van der Waals surface area contributed by atoms with Crippen molar-refractivity contribution in [3.05, 3.63) is 11.8 Å². The average molecular weight is 302 g/mol. The lowest BCUT2D eigenvalue weighted by Crippen LogP contribution is -2.44. The van der Waals surface area contributed by atoms with Gasteiger partial charge in [-0.2, -0.15) is 0 Å². The smallest absolute Gasteiger partial charge is 0.126 e. The van der Waals surface area contributed by atoms with Gasteiger partial charge >= 0.3 is 0 Å². The second kappa shape index (κ2) is 11.5. The zero-order valence-corrected chi connectivity index (χ0v) is 12.6. The molecule has 5 N–H and O–H groups in total. The van der Waals surface area contributed by atoms with Gasteiger partial charge in [0, 0.05) is 25.6 Å². The van der Waals surface area contributed by atoms with Crippen molar-refractivity contribution >= 4 is 11.9 Å². The topological polar surface area (TPSA) is 126 Å². The van der Waals surface area contributed by atoms with Crippen LogP contribution in [0.5, 0.6) is 0 Å². The summed E-state index contributed by atoms with van der Waals surface area (Å²) in [4.78, 5) is 8.01. The lowest BCUT2D eigenvalue weighted by molar-refractivity contribution is -0.0548. The van der Waals surface area contributed by atoms with E-state index in [0.717, 1.165) is 6.42 Å². The fourth-order valence-corrected chi connectivity index (χ4v) is 1.65. The van der Waals surface area contributed by atoms with Crippen molar-refractivity contribution in [2.24, 2.45) is 9.98 Å². The maximum atomic E-state index is 10.0. The van der Waals surface area contributed by atoms with Crippen LogP contribution in [0.2, 0.25) is 0 Å². The summed E-state index contributed by atoms with van der Waals surface area (Å²) in [7, 11) is 1.50. The van der Waals surface area contributed by atoms with Crippen LogP contribution in [0.15, 0.2) is 21.8 Å². The zero-order valence-electron chi connectivity index (χ0n) is 12.6. The van der Waals surface area contributed by atoms with E-state index in [4.69, 9.17) is 10.2 Å². The van der Waals surface area contributed by atoms with Crippen molar-refractivity contribution in [1.29, 1.82) is 0 Å². The van der Waals surface area contributed by atoms with Crippen LogP contribution >= 0.6 is 0 Å². The number of unbranched alkanes of at least 4 members (excludes halogenated alkanes) is 1. The number of hydrogen-bond donors (Lipinski definition) is 5. The molecule has 0 aromatic heterocycles. The molecule has 122 valence electrons. The van der Waals surface area contributed by atoms with E-state index < -0.39 is 24.9 Å². The highest BCUT2D eigenvalue weighted by Gasteiger charge is 2.27. The van der Waals surface area contributed by atoms with Gasteiger partial charge in [0.1, 0.15) is 18.3 Å². The van der Waals surface area contributed by atoms with Crippen molar-refractivity contribution in [2.45, 2.75) is 44.5 Å². The molecule has 0 radical (unpaired) electrons. The molecule has 0 heterocycles. The quantitative estimate of drug-likeness (QED) is 0.269.